The molecule has 2 heteroatoms. The molecular formula is C16H24FN. The van der Waals surface area contributed by atoms with Gasteiger partial charge in [0.15, 0.2) is 0 Å². The second kappa shape index (κ2) is 5.40. The van der Waals surface area contributed by atoms with E-state index < -0.39 is 5.67 Å². The van der Waals surface area contributed by atoms with Gasteiger partial charge in [-0.25, -0.2) is 4.39 Å². The van der Waals surface area contributed by atoms with Gasteiger partial charge in [0.1, 0.15) is 5.67 Å². The predicted octanol–water partition coefficient (Wildman–Crippen LogP) is 3.57. The Morgan fingerprint density at radius 1 is 1.28 bits per heavy atom. The van der Waals surface area contributed by atoms with E-state index in [4.69, 9.17) is 0 Å². The smallest absolute Gasteiger partial charge is 0.116 e. The van der Waals surface area contributed by atoms with Gasteiger partial charge in [-0.1, -0.05) is 29.3 Å². The van der Waals surface area contributed by atoms with Crippen molar-refractivity contribution in [2.45, 2.75) is 45.7 Å². The van der Waals surface area contributed by atoms with Crippen LogP contribution < -0.4 is 5.32 Å². The summed E-state index contributed by atoms with van der Waals surface area (Å²) in [4.78, 5) is 0. The SMILES string of the molecule is Cc1cc(C)cc(CC(C)(F)C2CCCNC2)c1. The van der Waals surface area contributed by atoms with Gasteiger partial charge in [-0.15, -0.1) is 0 Å². The number of hydrogen-bond acceptors (Lipinski definition) is 1. The highest BCUT2D eigenvalue weighted by molar-refractivity contribution is 5.29. The molecule has 1 fully saturated rings. The Morgan fingerprint density at radius 3 is 2.50 bits per heavy atom. The predicted molar refractivity (Wildman–Crippen MR) is 74.7 cm³/mol. The lowest BCUT2D eigenvalue weighted by Gasteiger charge is -2.34. The molecule has 0 amide bonds. The summed E-state index contributed by atoms with van der Waals surface area (Å²) in [6, 6.07) is 6.36. The Labute approximate surface area is 110 Å². The first kappa shape index (κ1) is 13.5. The molecule has 0 bridgehead atoms. The standard InChI is InChI=1S/C16H24FN/c1-12-7-13(2)9-14(8-12)10-16(3,17)15-5-4-6-18-11-15/h7-9,15,18H,4-6,10-11H2,1-3H3. The summed E-state index contributed by atoms with van der Waals surface area (Å²) < 4.78 is 14.9. The maximum atomic E-state index is 14.9. The molecule has 1 N–H and O–H groups in total. The van der Waals surface area contributed by atoms with E-state index >= 15 is 0 Å². The van der Waals surface area contributed by atoms with Gasteiger partial charge in [-0.2, -0.15) is 0 Å². The van der Waals surface area contributed by atoms with Crippen molar-refractivity contribution < 1.29 is 4.39 Å². The molecule has 2 unspecified atom stereocenters. The second-order valence-corrected chi connectivity index (χ2v) is 5.99. The highest BCUT2D eigenvalue weighted by Crippen LogP contribution is 2.31. The number of rotatable bonds is 3. The van der Waals surface area contributed by atoms with Crippen LogP contribution in [-0.4, -0.2) is 18.8 Å². The van der Waals surface area contributed by atoms with Crippen molar-refractivity contribution in [1.29, 1.82) is 0 Å². The van der Waals surface area contributed by atoms with Crippen LogP contribution in [0.25, 0.3) is 0 Å². The van der Waals surface area contributed by atoms with E-state index in [1.165, 1.54) is 11.1 Å². The normalized spacial score (nSPS) is 23.7. The minimum absolute atomic E-state index is 0.145. The highest BCUT2D eigenvalue weighted by Gasteiger charge is 2.35. The first-order valence-electron chi connectivity index (χ1n) is 6.94. The van der Waals surface area contributed by atoms with Crippen molar-refractivity contribution in [3.63, 3.8) is 0 Å². The quantitative estimate of drug-likeness (QED) is 0.863. The lowest BCUT2D eigenvalue weighted by atomic mass is 9.80. The van der Waals surface area contributed by atoms with Gasteiger partial charge in [0.2, 0.25) is 0 Å². The van der Waals surface area contributed by atoms with E-state index in [1.807, 2.05) is 0 Å². The molecular weight excluding hydrogens is 225 g/mol. The van der Waals surface area contributed by atoms with Crippen molar-refractivity contribution in [1.82, 2.24) is 5.32 Å². The zero-order chi connectivity index (χ0) is 13.2. The molecule has 0 saturated carbocycles. The zero-order valence-electron chi connectivity index (χ0n) is 11.7. The van der Waals surface area contributed by atoms with E-state index in [1.54, 1.807) is 6.92 Å². The van der Waals surface area contributed by atoms with Crippen LogP contribution in [0.4, 0.5) is 4.39 Å². The number of piperidine rings is 1. The number of hydrogen-bond donors (Lipinski definition) is 1. The van der Waals surface area contributed by atoms with E-state index in [-0.39, 0.29) is 5.92 Å². The van der Waals surface area contributed by atoms with E-state index in [0.717, 1.165) is 31.5 Å². The van der Waals surface area contributed by atoms with Gasteiger partial charge in [0.25, 0.3) is 0 Å². The van der Waals surface area contributed by atoms with Crippen molar-refractivity contribution >= 4 is 0 Å². The molecule has 0 spiro atoms. The summed E-state index contributed by atoms with van der Waals surface area (Å²) in [5, 5.41) is 3.31. The van der Waals surface area contributed by atoms with Crippen LogP contribution in [-0.2, 0) is 6.42 Å². The van der Waals surface area contributed by atoms with Gasteiger partial charge in [-0.05, 0) is 45.7 Å². The van der Waals surface area contributed by atoms with Crippen LogP contribution >= 0.6 is 0 Å². The Balaban J connectivity index is 2.10. The number of alkyl halides is 1. The fraction of sp³-hybridized carbons (Fsp3) is 0.625. The Morgan fingerprint density at radius 2 is 1.94 bits per heavy atom. The molecule has 1 aromatic rings. The fourth-order valence-electron chi connectivity index (χ4n) is 3.08. The minimum Gasteiger partial charge on any atom is -0.316 e. The molecule has 0 aromatic heterocycles. The van der Waals surface area contributed by atoms with Gasteiger partial charge < -0.3 is 5.32 Å². The van der Waals surface area contributed by atoms with Crippen molar-refractivity contribution in [2.24, 2.45) is 5.92 Å². The van der Waals surface area contributed by atoms with Crippen LogP contribution in [0.2, 0.25) is 0 Å². The summed E-state index contributed by atoms with van der Waals surface area (Å²) in [6.07, 6.45) is 2.63. The third-order valence-corrected chi connectivity index (χ3v) is 3.98. The minimum atomic E-state index is -1.10. The van der Waals surface area contributed by atoms with Crippen molar-refractivity contribution in [2.75, 3.05) is 13.1 Å². The van der Waals surface area contributed by atoms with E-state index in [2.05, 4.69) is 37.4 Å². The van der Waals surface area contributed by atoms with Crippen LogP contribution in [0.3, 0.4) is 0 Å². The van der Waals surface area contributed by atoms with Gasteiger partial charge in [-0.3, -0.25) is 0 Å². The van der Waals surface area contributed by atoms with Gasteiger partial charge in [0.05, 0.1) is 0 Å². The Hall–Kier alpha value is -0.890. The maximum Gasteiger partial charge on any atom is 0.116 e. The monoisotopic (exact) mass is 249 g/mol. The first-order chi connectivity index (χ1) is 8.47. The molecule has 1 aromatic carbocycles. The lowest BCUT2D eigenvalue weighted by Crippen LogP contribution is -2.42. The van der Waals surface area contributed by atoms with Gasteiger partial charge in [0, 0.05) is 18.9 Å². The van der Waals surface area contributed by atoms with Crippen molar-refractivity contribution in [3.8, 4) is 0 Å². The first-order valence-corrected chi connectivity index (χ1v) is 6.94. The number of aryl methyl sites for hydroxylation is 2. The molecule has 1 aliphatic heterocycles. The zero-order valence-corrected chi connectivity index (χ0v) is 11.7. The number of nitrogens with one attached hydrogen (secondary N) is 1. The number of halogens is 1. The average molecular weight is 249 g/mol. The van der Waals surface area contributed by atoms with E-state index in [0.29, 0.717) is 6.42 Å². The Kier molecular flexibility index (Phi) is 4.06. The molecule has 0 aliphatic carbocycles. The summed E-state index contributed by atoms with van der Waals surface area (Å²) >= 11 is 0. The molecule has 2 atom stereocenters. The summed E-state index contributed by atoms with van der Waals surface area (Å²) in [5.74, 6) is 0.145. The summed E-state index contributed by atoms with van der Waals surface area (Å²) in [7, 11) is 0. The van der Waals surface area contributed by atoms with Crippen LogP contribution in [0.1, 0.15) is 36.5 Å². The molecule has 1 nitrogen and oxygen atoms in total. The molecule has 0 radical (unpaired) electrons. The fourth-order valence-corrected chi connectivity index (χ4v) is 3.08. The van der Waals surface area contributed by atoms with Gasteiger partial charge >= 0.3 is 0 Å². The molecule has 2 rings (SSSR count). The Bertz CT molecular complexity index is 385. The molecule has 1 aliphatic rings. The highest BCUT2D eigenvalue weighted by atomic mass is 19.1. The molecule has 1 saturated heterocycles. The summed E-state index contributed by atoms with van der Waals surface area (Å²) in [6.45, 7) is 7.78. The largest absolute Gasteiger partial charge is 0.316 e. The van der Waals surface area contributed by atoms with E-state index in [9.17, 15) is 4.39 Å². The third-order valence-electron chi connectivity index (χ3n) is 3.98. The lowest BCUT2D eigenvalue weighted by molar-refractivity contribution is 0.0833. The number of benzene rings is 1. The van der Waals surface area contributed by atoms with Crippen LogP contribution in [0.15, 0.2) is 18.2 Å². The average Bonchev–Trinajstić information content (AvgIpc) is 2.28. The molecule has 18 heavy (non-hydrogen) atoms. The third kappa shape index (κ3) is 3.32. The summed E-state index contributed by atoms with van der Waals surface area (Å²) in [5.41, 5.74) is 2.47. The van der Waals surface area contributed by atoms with Crippen LogP contribution in [0, 0.1) is 19.8 Å². The second-order valence-electron chi connectivity index (χ2n) is 5.99. The van der Waals surface area contributed by atoms with Crippen LogP contribution in [0.5, 0.6) is 0 Å². The topological polar surface area (TPSA) is 12.0 Å². The molecule has 100 valence electrons. The maximum absolute atomic E-state index is 14.9. The van der Waals surface area contributed by atoms with Crippen molar-refractivity contribution in [3.05, 3.63) is 34.9 Å². The molecule has 1 heterocycles.